The van der Waals surface area contributed by atoms with E-state index in [1.165, 1.54) is 18.3 Å². The molecule has 0 atom stereocenters. The van der Waals surface area contributed by atoms with Crippen LogP contribution in [-0.2, 0) is 0 Å². The van der Waals surface area contributed by atoms with E-state index in [4.69, 9.17) is 32.7 Å². The number of hydrogen-bond acceptors (Lipinski definition) is 5. The first-order valence-corrected chi connectivity index (χ1v) is 11.0. The van der Waals surface area contributed by atoms with Gasteiger partial charge in [0.05, 0.1) is 23.4 Å². The van der Waals surface area contributed by atoms with Crippen LogP contribution in [0.25, 0.3) is 0 Å². The molecule has 0 saturated carbocycles. The molecular formula is C23H17BrCl2N2O4. The Morgan fingerprint density at radius 1 is 1.03 bits per heavy atom. The van der Waals surface area contributed by atoms with Gasteiger partial charge >= 0.3 is 5.97 Å². The molecule has 0 radical (unpaired) electrons. The Morgan fingerprint density at radius 3 is 2.47 bits per heavy atom. The molecule has 0 unspecified atom stereocenters. The Labute approximate surface area is 203 Å². The van der Waals surface area contributed by atoms with E-state index in [0.29, 0.717) is 28.5 Å². The Bertz CT molecular complexity index is 1170. The van der Waals surface area contributed by atoms with Crippen LogP contribution in [0.15, 0.2) is 70.2 Å². The third-order valence-corrected chi connectivity index (χ3v) is 5.18. The van der Waals surface area contributed by atoms with Gasteiger partial charge in [0.1, 0.15) is 0 Å². The van der Waals surface area contributed by atoms with Crippen molar-refractivity contribution >= 4 is 57.2 Å². The zero-order chi connectivity index (χ0) is 23.1. The van der Waals surface area contributed by atoms with E-state index in [9.17, 15) is 9.59 Å². The minimum Gasteiger partial charge on any atom is -0.490 e. The van der Waals surface area contributed by atoms with E-state index in [1.807, 2.05) is 0 Å². The van der Waals surface area contributed by atoms with E-state index in [0.717, 1.165) is 4.47 Å². The van der Waals surface area contributed by atoms with Crippen LogP contribution in [0.5, 0.6) is 11.5 Å². The molecule has 0 saturated heterocycles. The third kappa shape index (κ3) is 6.32. The minimum atomic E-state index is -0.643. The van der Waals surface area contributed by atoms with Gasteiger partial charge in [-0.2, -0.15) is 5.10 Å². The summed E-state index contributed by atoms with van der Waals surface area (Å²) in [5.74, 6) is -0.423. The molecule has 9 heteroatoms. The van der Waals surface area contributed by atoms with Crippen LogP contribution in [0.4, 0.5) is 0 Å². The molecule has 164 valence electrons. The second-order valence-corrected chi connectivity index (χ2v) is 8.12. The van der Waals surface area contributed by atoms with Gasteiger partial charge in [-0.05, 0) is 73.2 Å². The van der Waals surface area contributed by atoms with Crippen molar-refractivity contribution in [3.05, 3.63) is 91.9 Å². The Balaban J connectivity index is 1.72. The number of hydrazone groups is 1. The van der Waals surface area contributed by atoms with Gasteiger partial charge < -0.3 is 9.47 Å². The normalized spacial score (nSPS) is 10.8. The van der Waals surface area contributed by atoms with E-state index >= 15 is 0 Å². The summed E-state index contributed by atoms with van der Waals surface area (Å²) in [6.07, 6.45) is 1.46. The van der Waals surface area contributed by atoms with Crippen molar-refractivity contribution in [1.29, 1.82) is 0 Å². The number of carbonyl (C=O) groups excluding carboxylic acids is 2. The predicted molar refractivity (Wildman–Crippen MR) is 128 cm³/mol. The molecule has 1 amide bonds. The monoisotopic (exact) mass is 534 g/mol. The molecule has 0 spiro atoms. The third-order valence-electron chi connectivity index (χ3n) is 4.11. The summed E-state index contributed by atoms with van der Waals surface area (Å²) in [6, 6.07) is 16.3. The highest BCUT2D eigenvalue weighted by Crippen LogP contribution is 2.30. The van der Waals surface area contributed by atoms with Crippen LogP contribution in [0, 0.1) is 0 Å². The number of halogens is 3. The van der Waals surface area contributed by atoms with E-state index in [1.54, 1.807) is 55.5 Å². The number of esters is 1. The molecule has 0 bridgehead atoms. The lowest BCUT2D eigenvalue weighted by atomic mass is 10.2. The Kier molecular flexibility index (Phi) is 8.27. The number of rotatable bonds is 7. The summed E-state index contributed by atoms with van der Waals surface area (Å²) in [5.41, 5.74) is 3.75. The summed E-state index contributed by atoms with van der Waals surface area (Å²) in [7, 11) is 0. The maximum Gasteiger partial charge on any atom is 0.345 e. The summed E-state index contributed by atoms with van der Waals surface area (Å²) in [6.45, 7) is 2.16. The predicted octanol–water partition coefficient (Wildman–Crippen LogP) is 6.14. The largest absolute Gasteiger partial charge is 0.490 e. The highest BCUT2D eigenvalue weighted by molar-refractivity contribution is 9.10. The summed E-state index contributed by atoms with van der Waals surface area (Å²) in [5, 5.41) is 4.57. The van der Waals surface area contributed by atoms with Crippen molar-refractivity contribution in [1.82, 2.24) is 5.43 Å². The lowest BCUT2D eigenvalue weighted by molar-refractivity contribution is 0.0728. The molecule has 3 rings (SSSR count). The average molecular weight is 536 g/mol. The van der Waals surface area contributed by atoms with Crippen LogP contribution in [-0.4, -0.2) is 24.7 Å². The molecule has 0 aromatic heterocycles. The van der Waals surface area contributed by atoms with Gasteiger partial charge in [-0.1, -0.05) is 39.1 Å². The lowest BCUT2D eigenvalue weighted by Gasteiger charge is -2.12. The molecule has 0 aliphatic heterocycles. The molecule has 0 heterocycles. The van der Waals surface area contributed by atoms with E-state index in [2.05, 4.69) is 26.5 Å². The topological polar surface area (TPSA) is 77.0 Å². The zero-order valence-corrected chi connectivity index (χ0v) is 19.9. The Hall–Kier alpha value is -2.87. The van der Waals surface area contributed by atoms with Crippen LogP contribution >= 0.6 is 39.1 Å². The molecule has 3 aromatic carbocycles. The maximum atomic E-state index is 12.5. The molecular weight excluding hydrogens is 519 g/mol. The lowest BCUT2D eigenvalue weighted by Crippen LogP contribution is -2.17. The summed E-state index contributed by atoms with van der Waals surface area (Å²) in [4.78, 5) is 24.6. The number of hydrogen-bond donors (Lipinski definition) is 1. The summed E-state index contributed by atoms with van der Waals surface area (Å²) >= 11 is 15.3. The fourth-order valence-corrected chi connectivity index (χ4v) is 3.35. The molecule has 32 heavy (non-hydrogen) atoms. The van der Waals surface area contributed by atoms with Gasteiger partial charge in [0.2, 0.25) is 0 Å². The van der Waals surface area contributed by atoms with Crippen molar-refractivity contribution in [2.75, 3.05) is 6.61 Å². The number of ether oxygens (including phenoxy) is 2. The molecule has 0 fully saturated rings. The van der Waals surface area contributed by atoms with Gasteiger partial charge in [-0.25, -0.2) is 10.2 Å². The first kappa shape index (κ1) is 23.8. The van der Waals surface area contributed by atoms with Crippen molar-refractivity contribution in [2.24, 2.45) is 5.10 Å². The van der Waals surface area contributed by atoms with Crippen LogP contribution < -0.4 is 14.9 Å². The van der Waals surface area contributed by atoms with Crippen LogP contribution in [0.2, 0.25) is 10.0 Å². The second-order valence-electron chi connectivity index (χ2n) is 6.36. The van der Waals surface area contributed by atoms with Crippen LogP contribution in [0.3, 0.4) is 0 Å². The molecule has 0 aliphatic carbocycles. The standard InChI is InChI=1S/C23H17BrCl2N2O4/c1-2-31-21-11-14(13-27-28-22(29)15-4-6-16(24)7-5-15)3-10-20(21)32-23(30)18-9-8-17(25)12-19(18)26/h3-13H,2H2,1H3,(H,28,29). The number of nitrogens with zero attached hydrogens (tertiary/aromatic N) is 1. The van der Waals surface area contributed by atoms with Crippen molar-refractivity contribution in [3.63, 3.8) is 0 Å². The zero-order valence-electron chi connectivity index (χ0n) is 16.8. The fourth-order valence-electron chi connectivity index (χ4n) is 2.60. The summed E-state index contributed by atoms with van der Waals surface area (Å²) < 4.78 is 11.9. The van der Waals surface area contributed by atoms with Crippen molar-refractivity contribution in [2.45, 2.75) is 6.92 Å². The highest BCUT2D eigenvalue weighted by Gasteiger charge is 2.16. The van der Waals surface area contributed by atoms with Crippen molar-refractivity contribution < 1.29 is 19.1 Å². The number of carbonyl (C=O) groups is 2. The first-order chi connectivity index (χ1) is 15.4. The Morgan fingerprint density at radius 2 is 1.78 bits per heavy atom. The maximum absolute atomic E-state index is 12.5. The first-order valence-electron chi connectivity index (χ1n) is 9.40. The molecule has 3 aromatic rings. The quantitative estimate of drug-likeness (QED) is 0.171. The van der Waals surface area contributed by atoms with E-state index < -0.39 is 5.97 Å². The number of nitrogens with one attached hydrogen (secondary N) is 1. The number of benzene rings is 3. The second kappa shape index (κ2) is 11.1. The smallest absolute Gasteiger partial charge is 0.345 e. The highest BCUT2D eigenvalue weighted by atomic mass is 79.9. The minimum absolute atomic E-state index is 0.180. The molecule has 6 nitrogen and oxygen atoms in total. The van der Waals surface area contributed by atoms with Crippen molar-refractivity contribution in [3.8, 4) is 11.5 Å². The van der Waals surface area contributed by atoms with Gasteiger partial charge in [-0.3, -0.25) is 4.79 Å². The molecule has 0 aliphatic rings. The van der Waals surface area contributed by atoms with Gasteiger partial charge in [-0.15, -0.1) is 0 Å². The molecule has 1 N–H and O–H groups in total. The van der Waals surface area contributed by atoms with E-state index in [-0.39, 0.29) is 22.2 Å². The van der Waals surface area contributed by atoms with Gasteiger partial charge in [0.25, 0.3) is 5.91 Å². The fraction of sp³-hybridized carbons (Fsp3) is 0.0870. The van der Waals surface area contributed by atoms with Gasteiger partial charge in [0.15, 0.2) is 11.5 Å². The SMILES string of the molecule is CCOc1cc(C=NNC(=O)c2ccc(Br)cc2)ccc1OC(=O)c1ccc(Cl)cc1Cl. The average Bonchev–Trinajstić information content (AvgIpc) is 2.76. The van der Waals surface area contributed by atoms with Crippen LogP contribution in [0.1, 0.15) is 33.2 Å². The van der Waals surface area contributed by atoms with Gasteiger partial charge in [0, 0.05) is 15.1 Å². The number of amides is 1.